The predicted octanol–water partition coefficient (Wildman–Crippen LogP) is 1.89. The van der Waals surface area contributed by atoms with Crippen LogP contribution in [0.2, 0.25) is 0 Å². The van der Waals surface area contributed by atoms with Crippen LogP contribution in [0.4, 0.5) is 0 Å². The second-order valence-electron chi connectivity index (χ2n) is 3.39. The highest BCUT2D eigenvalue weighted by Gasteiger charge is 2.10. The molecular formula is C12H18O3. The van der Waals surface area contributed by atoms with Crippen molar-refractivity contribution in [3.05, 3.63) is 29.8 Å². The largest absolute Gasteiger partial charge is 0.493 e. The van der Waals surface area contributed by atoms with E-state index in [0.29, 0.717) is 25.2 Å². The minimum Gasteiger partial charge on any atom is -0.493 e. The number of hydrogen-bond acceptors (Lipinski definition) is 3. The molecule has 1 aromatic rings. The molecule has 1 atom stereocenters. The van der Waals surface area contributed by atoms with Crippen LogP contribution in [0, 0.1) is 0 Å². The van der Waals surface area contributed by atoms with Crippen LogP contribution in [0.5, 0.6) is 5.75 Å². The van der Waals surface area contributed by atoms with Crippen molar-refractivity contribution in [3.8, 4) is 5.75 Å². The average molecular weight is 210 g/mol. The predicted molar refractivity (Wildman–Crippen MR) is 58.9 cm³/mol. The third-order valence-electron chi connectivity index (χ3n) is 2.22. The summed E-state index contributed by atoms with van der Waals surface area (Å²) in [5.74, 6) is 0.709. The number of para-hydroxylation sites is 1. The number of aliphatic hydroxyl groups is 2. The third-order valence-corrected chi connectivity index (χ3v) is 2.22. The van der Waals surface area contributed by atoms with Crippen LogP contribution in [0.25, 0.3) is 0 Å². The van der Waals surface area contributed by atoms with Gasteiger partial charge < -0.3 is 14.9 Å². The normalized spacial score (nSPS) is 12.5. The number of benzene rings is 1. The van der Waals surface area contributed by atoms with Gasteiger partial charge in [0.2, 0.25) is 0 Å². The molecule has 0 saturated heterocycles. The van der Waals surface area contributed by atoms with E-state index in [1.54, 1.807) is 0 Å². The summed E-state index contributed by atoms with van der Waals surface area (Å²) in [5, 5.41) is 18.4. The fourth-order valence-corrected chi connectivity index (χ4v) is 1.35. The van der Waals surface area contributed by atoms with Crippen molar-refractivity contribution < 1.29 is 14.9 Å². The van der Waals surface area contributed by atoms with E-state index in [-0.39, 0.29) is 6.61 Å². The monoisotopic (exact) mass is 210 g/mol. The van der Waals surface area contributed by atoms with Gasteiger partial charge in [-0.15, -0.1) is 0 Å². The number of ether oxygens (including phenoxy) is 1. The van der Waals surface area contributed by atoms with E-state index in [1.807, 2.05) is 31.2 Å². The quantitative estimate of drug-likeness (QED) is 0.705. The van der Waals surface area contributed by atoms with Gasteiger partial charge in [-0.3, -0.25) is 0 Å². The topological polar surface area (TPSA) is 49.7 Å². The van der Waals surface area contributed by atoms with Crippen molar-refractivity contribution >= 4 is 0 Å². The summed E-state index contributed by atoms with van der Waals surface area (Å²) < 4.78 is 5.48. The van der Waals surface area contributed by atoms with Crippen LogP contribution in [0.15, 0.2) is 24.3 Å². The van der Waals surface area contributed by atoms with Crippen LogP contribution in [-0.2, 0) is 0 Å². The molecular weight excluding hydrogens is 192 g/mol. The summed E-state index contributed by atoms with van der Waals surface area (Å²) >= 11 is 0. The lowest BCUT2D eigenvalue weighted by Gasteiger charge is -2.14. The first kappa shape index (κ1) is 12.0. The molecule has 0 amide bonds. The molecule has 0 bridgehead atoms. The molecule has 0 heterocycles. The SMILES string of the molecule is CC[C@@H](O)c1ccccc1OCCCO. The van der Waals surface area contributed by atoms with E-state index in [4.69, 9.17) is 9.84 Å². The molecule has 3 nitrogen and oxygen atoms in total. The Bertz CT molecular complexity index is 286. The van der Waals surface area contributed by atoms with Gasteiger partial charge in [0.25, 0.3) is 0 Å². The maximum Gasteiger partial charge on any atom is 0.125 e. The van der Waals surface area contributed by atoms with Gasteiger partial charge in [0.05, 0.1) is 12.7 Å². The smallest absolute Gasteiger partial charge is 0.125 e. The summed E-state index contributed by atoms with van der Waals surface area (Å²) in [5.41, 5.74) is 0.818. The second kappa shape index (κ2) is 6.43. The summed E-state index contributed by atoms with van der Waals surface area (Å²) in [6.45, 7) is 2.53. The second-order valence-corrected chi connectivity index (χ2v) is 3.39. The van der Waals surface area contributed by atoms with Gasteiger partial charge >= 0.3 is 0 Å². The molecule has 1 rings (SSSR count). The Morgan fingerprint density at radius 2 is 2.07 bits per heavy atom. The zero-order valence-electron chi connectivity index (χ0n) is 9.02. The Morgan fingerprint density at radius 1 is 1.33 bits per heavy atom. The standard InChI is InChI=1S/C12H18O3/c1-2-11(14)10-6-3-4-7-12(10)15-9-5-8-13/h3-4,6-7,11,13-14H,2,5,8-9H2,1H3/t11-/m1/s1. The molecule has 1 aromatic carbocycles. The van der Waals surface area contributed by atoms with E-state index < -0.39 is 6.10 Å². The van der Waals surface area contributed by atoms with Gasteiger partial charge in [-0.25, -0.2) is 0 Å². The van der Waals surface area contributed by atoms with Gasteiger partial charge in [-0.1, -0.05) is 25.1 Å². The van der Waals surface area contributed by atoms with Crippen molar-refractivity contribution in [1.82, 2.24) is 0 Å². The highest BCUT2D eigenvalue weighted by molar-refractivity contribution is 5.34. The van der Waals surface area contributed by atoms with Crippen LogP contribution in [0.3, 0.4) is 0 Å². The number of hydrogen-bond donors (Lipinski definition) is 2. The summed E-state index contributed by atoms with van der Waals surface area (Å²) in [6.07, 6.45) is 0.798. The van der Waals surface area contributed by atoms with E-state index in [1.165, 1.54) is 0 Å². The van der Waals surface area contributed by atoms with Gasteiger partial charge in [0.15, 0.2) is 0 Å². The van der Waals surface area contributed by atoms with Gasteiger partial charge in [0, 0.05) is 18.6 Å². The lowest BCUT2D eigenvalue weighted by molar-refractivity contribution is 0.165. The molecule has 84 valence electrons. The zero-order valence-corrected chi connectivity index (χ0v) is 9.02. The van der Waals surface area contributed by atoms with Gasteiger partial charge in [-0.2, -0.15) is 0 Å². The fraction of sp³-hybridized carbons (Fsp3) is 0.500. The number of aliphatic hydroxyl groups excluding tert-OH is 2. The van der Waals surface area contributed by atoms with Crippen molar-refractivity contribution in [2.45, 2.75) is 25.9 Å². The Kier molecular flexibility index (Phi) is 5.15. The molecule has 0 unspecified atom stereocenters. The van der Waals surface area contributed by atoms with Crippen molar-refractivity contribution in [3.63, 3.8) is 0 Å². The molecule has 2 N–H and O–H groups in total. The van der Waals surface area contributed by atoms with Crippen LogP contribution >= 0.6 is 0 Å². The molecule has 0 saturated carbocycles. The highest BCUT2D eigenvalue weighted by atomic mass is 16.5. The Labute approximate surface area is 90.3 Å². The molecule has 0 fully saturated rings. The van der Waals surface area contributed by atoms with E-state index in [0.717, 1.165) is 5.56 Å². The highest BCUT2D eigenvalue weighted by Crippen LogP contribution is 2.26. The lowest BCUT2D eigenvalue weighted by Crippen LogP contribution is -2.04. The van der Waals surface area contributed by atoms with E-state index >= 15 is 0 Å². The summed E-state index contributed by atoms with van der Waals surface area (Å²) in [4.78, 5) is 0. The molecule has 15 heavy (non-hydrogen) atoms. The van der Waals surface area contributed by atoms with Crippen molar-refractivity contribution in [2.24, 2.45) is 0 Å². The molecule has 3 heteroatoms. The minimum absolute atomic E-state index is 0.124. The molecule has 0 aliphatic heterocycles. The maximum atomic E-state index is 9.74. The number of rotatable bonds is 6. The summed E-state index contributed by atoms with van der Waals surface area (Å²) in [6, 6.07) is 7.46. The van der Waals surface area contributed by atoms with Crippen LogP contribution in [0.1, 0.15) is 31.4 Å². The Morgan fingerprint density at radius 3 is 2.73 bits per heavy atom. The Balaban J connectivity index is 2.68. The van der Waals surface area contributed by atoms with Crippen LogP contribution in [-0.4, -0.2) is 23.4 Å². The first-order chi connectivity index (χ1) is 7.29. The first-order valence-corrected chi connectivity index (χ1v) is 5.30. The first-order valence-electron chi connectivity index (χ1n) is 5.30. The summed E-state index contributed by atoms with van der Waals surface area (Å²) in [7, 11) is 0. The van der Waals surface area contributed by atoms with Gasteiger partial charge in [0.1, 0.15) is 5.75 Å². The van der Waals surface area contributed by atoms with Crippen LogP contribution < -0.4 is 4.74 Å². The zero-order chi connectivity index (χ0) is 11.1. The van der Waals surface area contributed by atoms with E-state index in [9.17, 15) is 5.11 Å². The molecule has 0 spiro atoms. The molecule has 0 radical (unpaired) electrons. The van der Waals surface area contributed by atoms with Crippen molar-refractivity contribution in [2.75, 3.05) is 13.2 Å². The molecule has 0 aromatic heterocycles. The molecule has 0 aliphatic rings. The minimum atomic E-state index is -0.477. The third kappa shape index (κ3) is 3.53. The lowest BCUT2D eigenvalue weighted by atomic mass is 10.1. The Hall–Kier alpha value is -1.06. The van der Waals surface area contributed by atoms with E-state index in [2.05, 4.69) is 0 Å². The van der Waals surface area contributed by atoms with Gasteiger partial charge in [-0.05, 0) is 12.5 Å². The average Bonchev–Trinajstić information content (AvgIpc) is 2.29. The molecule has 0 aliphatic carbocycles. The van der Waals surface area contributed by atoms with Crippen molar-refractivity contribution in [1.29, 1.82) is 0 Å². The fourth-order valence-electron chi connectivity index (χ4n) is 1.35. The maximum absolute atomic E-state index is 9.74.